The van der Waals surface area contributed by atoms with Crippen molar-refractivity contribution in [1.82, 2.24) is 0 Å². The quantitative estimate of drug-likeness (QED) is 0.339. The van der Waals surface area contributed by atoms with E-state index in [2.05, 4.69) is 27.1 Å². The zero-order chi connectivity index (χ0) is 10.4. The number of allylic oxidation sites excluding steroid dienone is 2. The Balaban J connectivity index is -0.000000137. The minimum absolute atomic E-state index is 1.25. The summed E-state index contributed by atoms with van der Waals surface area (Å²) >= 11 is 0. The molecule has 0 aliphatic rings. The van der Waals surface area contributed by atoms with Crippen LogP contribution in [0.5, 0.6) is 0 Å². The highest BCUT2D eigenvalue weighted by molar-refractivity contribution is 5.15. The Bertz CT molecular complexity index is 112. The van der Waals surface area contributed by atoms with Crippen molar-refractivity contribution in [2.45, 2.75) is 34.1 Å². The summed E-state index contributed by atoms with van der Waals surface area (Å²) in [7, 11) is 1.86. The van der Waals surface area contributed by atoms with Gasteiger partial charge in [-0.25, -0.2) is 4.58 Å². The SMILES string of the molecule is C=C/C=C\[N+](=C)C.CC.CCC. The number of hydrogen-bond donors (Lipinski definition) is 0. The molecule has 0 atom stereocenters. The van der Waals surface area contributed by atoms with E-state index in [0.29, 0.717) is 0 Å². The van der Waals surface area contributed by atoms with E-state index in [0.717, 1.165) is 0 Å². The molecule has 0 amide bonds. The average molecular weight is 170 g/mol. The lowest BCUT2D eigenvalue weighted by atomic mass is 10.6. The molecule has 0 aromatic heterocycles. The van der Waals surface area contributed by atoms with Gasteiger partial charge >= 0.3 is 0 Å². The molecule has 1 heteroatoms. The lowest BCUT2D eigenvalue weighted by Crippen LogP contribution is -1.86. The molecule has 0 bridgehead atoms. The zero-order valence-electron chi connectivity index (χ0n) is 9.30. The van der Waals surface area contributed by atoms with Crippen molar-refractivity contribution < 1.29 is 4.58 Å². The lowest BCUT2D eigenvalue weighted by Gasteiger charge is -1.73. The summed E-state index contributed by atoms with van der Waals surface area (Å²) in [6, 6.07) is 0. The number of hydrogen-bond acceptors (Lipinski definition) is 0. The van der Waals surface area contributed by atoms with E-state index in [1.165, 1.54) is 6.42 Å². The van der Waals surface area contributed by atoms with E-state index in [1.807, 2.05) is 33.2 Å². The van der Waals surface area contributed by atoms with Crippen LogP contribution in [0.4, 0.5) is 0 Å². The Morgan fingerprint density at radius 2 is 1.58 bits per heavy atom. The van der Waals surface area contributed by atoms with Crippen LogP contribution in [0.25, 0.3) is 0 Å². The summed E-state index contributed by atoms with van der Waals surface area (Å²) in [5, 5.41) is 0. The van der Waals surface area contributed by atoms with Gasteiger partial charge in [0, 0.05) is 6.08 Å². The molecule has 0 spiro atoms. The van der Waals surface area contributed by atoms with Gasteiger partial charge in [-0.15, -0.1) is 0 Å². The van der Waals surface area contributed by atoms with Crippen LogP contribution in [0, 0.1) is 0 Å². The largest absolute Gasteiger partial charge is 0.214 e. The Morgan fingerprint density at radius 1 is 1.25 bits per heavy atom. The van der Waals surface area contributed by atoms with E-state index in [9.17, 15) is 0 Å². The lowest BCUT2D eigenvalue weighted by molar-refractivity contribution is -0.412. The third-order valence-electron chi connectivity index (χ3n) is 0.477. The summed E-state index contributed by atoms with van der Waals surface area (Å²) in [5.41, 5.74) is 0. The third-order valence-corrected chi connectivity index (χ3v) is 0.477. The average Bonchev–Trinajstić information content (AvgIpc) is 2.06. The molecule has 0 aliphatic carbocycles. The molecule has 0 aliphatic heterocycles. The van der Waals surface area contributed by atoms with Crippen molar-refractivity contribution >= 4 is 6.72 Å². The molecule has 0 rings (SSSR count). The molecule has 72 valence electrons. The predicted molar refractivity (Wildman–Crippen MR) is 60.0 cm³/mol. The summed E-state index contributed by atoms with van der Waals surface area (Å²) in [5.74, 6) is 0. The van der Waals surface area contributed by atoms with Crippen LogP contribution >= 0.6 is 0 Å². The summed E-state index contributed by atoms with van der Waals surface area (Å²) in [6.07, 6.45) is 6.61. The maximum absolute atomic E-state index is 3.57. The van der Waals surface area contributed by atoms with Crippen LogP contribution in [0.2, 0.25) is 0 Å². The summed E-state index contributed by atoms with van der Waals surface area (Å²) < 4.78 is 1.71. The van der Waals surface area contributed by atoms with Crippen LogP contribution in [0.15, 0.2) is 24.9 Å². The Kier molecular flexibility index (Phi) is 32.4. The highest BCUT2D eigenvalue weighted by Gasteiger charge is 1.70. The monoisotopic (exact) mass is 170 g/mol. The second-order valence-corrected chi connectivity index (χ2v) is 2.04. The van der Waals surface area contributed by atoms with Gasteiger partial charge in [0.2, 0.25) is 0 Å². The zero-order valence-corrected chi connectivity index (χ0v) is 9.30. The molecule has 0 aromatic carbocycles. The molecule has 1 nitrogen and oxygen atoms in total. The normalized spacial score (nSPS) is 7.42. The molecular formula is C11H24N+. The molecule has 0 unspecified atom stereocenters. The first-order valence-electron chi connectivity index (χ1n) is 4.51. The topological polar surface area (TPSA) is 3.01 Å². The van der Waals surface area contributed by atoms with E-state index in [1.54, 1.807) is 10.7 Å². The molecule has 0 aromatic rings. The molecule has 12 heavy (non-hydrogen) atoms. The standard InChI is InChI=1S/C6H10N.C3H8.C2H6/c1-4-5-6-7(2)3;1-3-2;1-2/h4-6H,1-2H2,3H3;3H2,1-2H3;1-2H3/q+1;;/b6-5-;;. The summed E-state index contributed by atoms with van der Waals surface area (Å²) in [6.45, 7) is 15.3. The van der Waals surface area contributed by atoms with Gasteiger partial charge in [0.25, 0.3) is 0 Å². The first-order valence-corrected chi connectivity index (χ1v) is 4.51. The van der Waals surface area contributed by atoms with Gasteiger partial charge in [-0.05, 0) is 0 Å². The number of rotatable bonds is 2. The van der Waals surface area contributed by atoms with Crippen LogP contribution in [-0.2, 0) is 0 Å². The molecule has 0 N–H and O–H groups in total. The van der Waals surface area contributed by atoms with Gasteiger partial charge < -0.3 is 0 Å². The molecule has 0 saturated heterocycles. The summed E-state index contributed by atoms with van der Waals surface area (Å²) in [4.78, 5) is 0. The number of nitrogens with zero attached hydrogens (tertiary/aromatic N) is 1. The first-order chi connectivity index (χ1) is 5.68. The van der Waals surface area contributed by atoms with Crippen molar-refractivity contribution in [1.29, 1.82) is 0 Å². The van der Waals surface area contributed by atoms with Gasteiger partial charge in [-0.1, -0.05) is 46.8 Å². The van der Waals surface area contributed by atoms with Crippen molar-refractivity contribution in [2.24, 2.45) is 0 Å². The van der Waals surface area contributed by atoms with Gasteiger partial charge in [0.05, 0.1) is 0 Å². The smallest absolute Gasteiger partial charge is 0.167 e. The van der Waals surface area contributed by atoms with E-state index in [-0.39, 0.29) is 0 Å². The van der Waals surface area contributed by atoms with E-state index in [4.69, 9.17) is 0 Å². The predicted octanol–water partition coefficient (Wildman–Crippen LogP) is 3.47. The van der Waals surface area contributed by atoms with Crippen LogP contribution in [0.1, 0.15) is 34.1 Å². The van der Waals surface area contributed by atoms with Crippen molar-refractivity contribution in [2.75, 3.05) is 7.05 Å². The van der Waals surface area contributed by atoms with Gasteiger partial charge in [-0.3, -0.25) is 0 Å². The molecule has 0 saturated carbocycles. The van der Waals surface area contributed by atoms with Crippen LogP contribution < -0.4 is 0 Å². The molecule has 0 fully saturated rings. The van der Waals surface area contributed by atoms with Crippen molar-refractivity contribution in [3.63, 3.8) is 0 Å². The van der Waals surface area contributed by atoms with E-state index < -0.39 is 0 Å². The maximum atomic E-state index is 3.57. The fourth-order valence-electron chi connectivity index (χ4n) is 0.208. The van der Waals surface area contributed by atoms with Gasteiger partial charge in [-0.2, -0.15) is 0 Å². The second-order valence-electron chi connectivity index (χ2n) is 2.04. The van der Waals surface area contributed by atoms with E-state index >= 15 is 0 Å². The Labute approximate surface area is 78.1 Å². The first kappa shape index (κ1) is 17.3. The van der Waals surface area contributed by atoms with Crippen molar-refractivity contribution in [3.05, 3.63) is 24.9 Å². The Morgan fingerprint density at radius 3 is 1.67 bits per heavy atom. The van der Waals surface area contributed by atoms with Crippen LogP contribution in [-0.4, -0.2) is 18.3 Å². The van der Waals surface area contributed by atoms with Gasteiger partial charge in [0.15, 0.2) is 6.20 Å². The fraction of sp³-hybridized carbons (Fsp3) is 0.545. The highest BCUT2D eigenvalue weighted by Crippen LogP contribution is 1.69. The molecule has 0 radical (unpaired) electrons. The van der Waals surface area contributed by atoms with Gasteiger partial charge in [0.1, 0.15) is 13.8 Å². The highest BCUT2D eigenvalue weighted by atomic mass is 14.9. The third kappa shape index (κ3) is 61.3. The minimum atomic E-state index is 1.25. The fourth-order valence-corrected chi connectivity index (χ4v) is 0.208. The van der Waals surface area contributed by atoms with Crippen molar-refractivity contribution in [3.8, 4) is 0 Å². The molecule has 0 heterocycles. The Hall–Kier alpha value is -0.850. The minimum Gasteiger partial charge on any atom is -0.214 e. The second kappa shape index (κ2) is 22.5. The van der Waals surface area contributed by atoms with Crippen LogP contribution in [0.3, 0.4) is 0 Å². The molecular weight excluding hydrogens is 146 g/mol. The maximum Gasteiger partial charge on any atom is 0.167 e.